The maximum absolute atomic E-state index is 5.36. The average molecular weight is 306 g/mol. The second-order valence-electron chi connectivity index (χ2n) is 5.84. The molecule has 0 aliphatic rings. The van der Waals surface area contributed by atoms with E-state index in [9.17, 15) is 0 Å². The molecule has 0 aliphatic heterocycles. The fraction of sp³-hybridized carbons (Fsp3) is 0.200. The molecular formula is C20H22N2O. The molecule has 23 heavy (non-hydrogen) atoms. The average Bonchev–Trinajstić information content (AvgIpc) is 2.96. The van der Waals surface area contributed by atoms with Crippen molar-refractivity contribution in [2.24, 2.45) is 0 Å². The summed E-state index contributed by atoms with van der Waals surface area (Å²) >= 11 is 0. The van der Waals surface area contributed by atoms with Crippen molar-refractivity contribution < 1.29 is 4.74 Å². The Morgan fingerprint density at radius 3 is 2.30 bits per heavy atom. The van der Waals surface area contributed by atoms with Crippen LogP contribution in [0.15, 0.2) is 60.7 Å². The minimum absolute atomic E-state index is 0.871. The molecule has 0 fully saturated rings. The summed E-state index contributed by atoms with van der Waals surface area (Å²) in [7, 11) is 5.80. The van der Waals surface area contributed by atoms with Gasteiger partial charge in [-0.25, -0.2) is 0 Å². The number of hydrogen-bond acceptors (Lipinski definition) is 2. The number of anilines is 1. The molecule has 0 unspecified atom stereocenters. The predicted molar refractivity (Wildman–Crippen MR) is 96.8 cm³/mol. The largest absolute Gasteiger partial charge is 0.497 e. The lowest BCUT2D eigenvalue weighted by Crippen LogP contribution is -2.08. The van der Waals surface area contributed by atoms with Gasteiger partial charge in [0.1, 0.15) is 5.75 Å². The normalized spacial score (nSPS) is 10.6. The van der Waals surface area contributed by atoms with Gasteiger partial charge in [0.05, 0.1) is 12.8 Å². The van der Waals surface area contributed by atoms with Gasteiger partial charge in [0, 0.05) is 36.7 Å². The Labute approximate surface area is 137 Å². The molecule has 118 valence electrons. The fourth-order valence-corrected chi connectivity index (χ4v) is 2.79. The third kappa shape index (κ3) is 2.95. The molecule has 1 heterocycles. The molecule has 0 saturated heterocycles. The molecule has 3 nitrogen and oxygen atoms in total. The number of rotatable bonds is 4. The Kier molecular flexibility index (Phi) is 4.11. The van der Waals surface area contributed by atoms with E-state index in [1.165, 1.54) is 17.1 Å². The highest BCUT2D eigenvalue weighted by atomic mass is 16.5. The first-order chi connectivity index (χ1) is 11.1. The van der Waals surface area contributed by atoms with Crippen LogP contribution in [0.1, 0.15) is 5.69 Å². The smallest absolute Gasteiger partial charge is 0.119 e. The Hall–Kier alpha value is -2.68. The van der Waals surface area contributed by atoms with Gasteiger partial charge in [-0.2, -0.15) is 0 Å². The van der Waals surface area contributed by atoms with Gasteiger partial charge in [0.25, 0.3) is 0 Å². The molecule has 0 amide bonds. The van der Waals surface area contributed by atoms with Crippen molar-refractivity contribution in [3.8, 4) is 22.7 Å². The molecule has 0 saturated carbocycles. The highest BCUT2D eigenvalue weighted by Crippen LogP contribution is 2.29. The molecule has 0 bridgehead atoms. The van der Waals surface area contributed by atoms with Crippen LogP contribution >= 0.6 is 0 Å². The second-order valence-corrected chi connectivity index (χ2v) is 5.84. The number of ether oxygens (including phenoxy) is 1. The molecule has 3 heteroatoms. The zero-order chi connectivity index (χ0) is 16.4. The molecular weight excluding hydrogens is 284 g/mol. The van der Waals surface area contributed by atoms with Crippen molar-refractivity contribution in [3.63, 3.8) is 0 Å². The summed E-state index contributed by atoms with van der Waals surface area (Å²) in [5, 5.41) is 0. The summed E-state index contributed by atoms with van der Waals surface area (Å²) < 4.78 is 7.63. The lowest BCUT2D eigenvalue weighted by molar-refractivity contribution is 0.415. The Balaban J connectivity index is 2.08. The molecule has 0 aliphatic carbocycles. The number of methoxy groups -OCH3 is 1. The third-order valence-electron chi connectivity index (χ3n) is 4.07. The Morgan fingerprint density at radius 1 is 0.913 bits per heavy atom. The van der Waals surface area contributed by atoms with Gasteiger partial charge in [0.2, 0.25) is 0 Å². The van der Waals surface area contributed by atoms with E-state index in [1.54, 1.807) is 7.11 Å². The lowest BCUT2D eigenvalue weighted by atomic mass is 10.1. The molecule has 2 aromatic carbocycles. The van der Waals surface area contributed by atoms with E-state index >= 15 is 0 Å². The molecule has 3 rings (SSSR count). The van der Waals surface area contributed by atoms with E-state index in [4.69, 9.17) is 4.74 Å². The summed E-state index contributed by atoms with van der Waals surface area (Å²) in [5.74, 6) is 0.871. The van der Waals surface area contributed by atoms with E-state index in [1.807, 2.05) is 12.1 Å². The van der Waals surface area contributed by atoms with Crippen molar-refractivity contribution in [2.45, 2.75) is 6.92 Å². The van der Waals surface area contributed by atoms with Gasteiger partial charge in [-0.15, -0.1) is 0 Å². The van der Waals surface area contributed by atoms with Gasteiger partial charge in [0.15, 0.2) is 0 Å². The number of hydrogen-bond donors (Lipinski definition) is 0. The van der Waals surface area contributed by atoms with E-state index < -0.39 is 0 Å². The van der Waals surface area contributed by atoms with Crippen LogP contribution in [-0.2, 0) is 0 Å². The Bertz CT molecular complexity index is 801. The quantitative estimate of drug-likeness (QED) is 0.704. The number of aromatic nitrogens is 1. The van der Waals surface area contributed by atoms with E-state index in [0.29, 0.717) is 0 Å². The molecule has 3 aromatic rings. The number of nitrogens with zero attached hydrogens (tertiary/aromatic N) is 2. The molecule has 0 atom stereocenters. The first-order valence-corrected chi connectivity index (χ1v) is 7.70. The monoisotopic (exact) mass is 306 g/mol. The van der Waals surface area contributed by atoms with Crippen LogP contribution in [-0.4, -0.2) is 25.8 Å². The standard InChI is InChI=1S/C20H22N2O/c1-15-8-13-20(16-6-5-7-19(14-16)23-4)22(15)18-11-9-17(10-12-18)21(2)3/h5-14H,1-4H3. The van der Waals surface area contributed by atoms with Gasteiger partial charge in [-0.3, -0.25) is 0 Å². The third-order valence-corrected chi connectivity index (χ3v) is 4.07. The molecule has 0 radical (unpaired) electrons. The summed E-state index contributed by atoms with van der Waals surface area (Å²) in [6.45, 7) is 2.13. The minimum atomic E-state index is 0.871. The maximum Gasteiger partial charge on any atom is 0.119 e. The first kappa shape index (κ1) is 15.2. The van der Waals surface area contributed by atoms with E-state index in [0.717, 1.165) is 17.0 Å². The number of benzene rings is 2. The molecule has 0 spiro atoms. The van der Waals surface area contributed by atoms with E-state index in [-0.39, 0.29) is 0 Å². The summed E-state index contributed by atoms with van der Waals surface area (Å²) in [4.78, 5) is 2.11. The van der Waals surface area contributed by atoms with Crippen molar-refractivity contribution in [3.05, 3.63) is 66.4 Å². The van der Waals surface area contributed by atoms with E-state index in [2.05, 4.69) is 79.0 Å². The molecule has 0 N–H and O–H groups in total. The van der Waals surface area contributed by atoms with Crippen molar-refractivity contribution in [1.29, 1.82) is 0 Å². The van der Waals surface area contributed by atoms with Crippen molar-refractivity contribution >= 4 is 5.69 Å². The van der Waals surface area contributed by atoms with Gasteiger partial charge in [-0.05, 0) is 55.5 Å². The maximum atomic E-state index is 5.36. The van der Waals surface area contributed by atoms with Gasteiger partial charge in [-0.1, -0.05) is 12.1 Å². The second kappa shape index (κ2) is 6.21. The van der Waals surface area contributed by atoms with Crippen LogP contribution in [0, 0.1) is 6.92 Å². The molecule has 1 aromatic heterocycles. The van der Waals surface area contributed by atoms with Crippen LogP contribution in [0.3, 0.4) is 0 Å². The van der Waals surface area contributed by atoms with Crippen molar-refractivity contribution in [1.82, 2.24) is 4.57 Å². The summed E-state index contributed by atoms with van der Waals surface area (Å²) in [6, 6.07) is 21.1. The highest BCUT2D eigenvalue weighted by Gasteiger charge is 2.10. The van der Waals surface area contributed by atoms with Gasteiger partial charge < -0.3 is 14.2 Å². The van der Waals surface area contributed by atoms with Crippen LogP contribution in [0.4, 0.5) is 5.69 Å². The number of aryl methyl sites for hydroxylation is 1. The SMILES string of the molecule is COc1cccc(-c2ccc(C)n2-c2ccc(N(C)C)cc2)c1. The summed E-state index contributed by atoms with van der Waals surface area (Å²) in [6.07, 6.45) is 0. The minimum Gasteiger partial charge on any atom is -0.497 e. The van der Waals surface area contributed by atoms with Crippen molar-refractivity contribution in [2.75, 3.05) is 26.1 Å². The van der Waals surface area contributed by atoms with Gasteiger partial charge >= 0.3 is 0 Å². The zero-order valence-corrected chi connectivity index (χ0v) is 14.1. The van der Waals surface area contributed by atoms with Crippen LogP contribution in [0.5, 0.6) is 5.75 Å². The zero-order valence-electron chi connectivity index (χ0n) is 14.1. The lowest BCUT2D eigenvalue weighted by Gasteiger charge is -2.16. The topological polar surface area (TPSA) is 17.4 Å². The summed E-state index contributed by atoms with van der Waals surface area (Å²) in [5.41, 5.74) is 5.88. The highest BCUT2D eigenvalue weighted by molar-refractivity contribution is 5.66. The predicted octanol–water partition coefficient (Wildman–Crippen LogP) is 4.53. The fourth-order valence-electron chi connectivity index (χ4n) is 2.79. The Morgan fingerprint density at radius 2 is 1.65 bits per heavy atom. The first-order valence-electron chi connectivity index (χ1n) is 7.70. The van der Waals surface area contributed by atoms with Crippen LogP contribution in [0.25, 0.3) is 16.9 Å². The van der Waals surface area contributed by atoms with Crippen LogP contribution < -0.4 is 9.64 Å². The van der Waals surface area contributed by atoms with Crippen LogP contribution in [0.2, 0.25) is 0 Å².